The van der Waals surface area contributed by atoms with Crippen LogP contribution in [0.2, 0.25) is 0 Å². The summed E-state index contributed by atoms with van der Waals surface area (Å²) in [5.41, 5.74) is 8.04. The topological polar surface area (TPSA) is 55.6 Å². The molecule has 4 heteroatoms. The highest BCUT2D eigenvalue weighted by atomic mass is 16.5. The predicted octanol–water partition coefficient (Wildman–Crippen LogP) is 1.11. The maximum Gasteiger partial charge on any atom is 0.223 e. The number of hydrogen-bond donors (Lipinski definition) is 1. The summed E-state index contributed by atoms with van der Waals surface area (Å²) < 4.78 is 5.46. The Hall–Kier alpha value is -1.39. The van der Waals surface area contributed by atoms with Crippen LogP contribution in [0.25, 0.3) is 0 Å². The van der Waals surface area contributed by atoms with Crippen molar-refractivity contribution in [3.05, 3.63) is 35.4 Å². The normalized spacial score (nSPS) is 19.5. The van der Waals surface area contributed by atoms with Gasteiger partial charge in [0.2, 0.25) is 5.91 Å². The molecular weight excluding hydrogens is 240 g/mol. The summed E-state index contributed by atoms with van der Waals surface area (Å²) >= 11 is 0. The second kappa shape index (κ2) is 6.68. The monoisotopic (exact) mass is 262 g/mol. The van der Waals surface area contributed by atoms with Crippen molar-refractivity contribution in [3.63, 3.8) is 0 Å². The van der Waals surface area contributed by atoms with Gasteiger partial charge in [0.05, 0.1) is 12.7 Å². The van der Waals surface area contributed by atoms with E-state index in [0.29, 0.717) is 32.7 Å². The highest BCUT2D eigenvalue weighted by Crippen LogP contribution is 2.10. The molecule has 0 spiro atoms. The molecule has 4 nitrogen and oxygen atoms in total. The van der Waals surface area contributed by atoms with Crippen LogP contribution < -0.4 is 5.73 Å². The largest absolute Gasteiger partial charge is 0.373 e. The van der Waals surface area contributed by atoms with Crippen molar-refractivity contribution >= 4 is 5.91 Å². The second-order valence-corrected chi connectivity index (χ2v) is 5.05. The molecular formula is C15H22N2O2. The van der Waals surface area contributed by atoms with Crippen LogP contribution in [0.4, 0.5) is 0 Å². The summed E-state index contributed by atoms with van der Waals surface area (Å²) in [5, 5.41) is 0. The molecule has 2 rings (SSSR count). The highest BCUT2D eigenvalue weighted by Gasteiger charge is 2.22. The van der Waals surface area contributed by atoms with Gasteiger partial charge in [-0.25, -0.2) is 0 Å². The Kier molecular flexibility index (Phi) is 4.93. The number of rotatable bonds is 4. The SMILES string of the molecule is Cc1ccc(CCC(=O)N2CCO[C@H](CN)C2)cc1. The number of aryl methyl sites for hydroxylation is 2. The third-order valence-electron chi connectivity index (χ3n) is 3.50. The lowest BCUT2D eigenvalue weighted by atomic mass is 10.1. The fourth-order valence-electron chi connectivity index (χ4n) is 2.25. The van der Waals surface area contributed by atoms with E-state index in [-0.39, 0.29) is 12.0 Å². The number of nitrogens with zero attached hydrogens (tertiary/aromatic N) is 1. The van der Waals surface area contributed by atoms with Gasteiger partial charge in [0.25, 0.3) is 0 Å². The van der Waals surface area contributed by atoms with Crippen LogP contribution >= 0.6 is 0 Å². The van der Waals surface area contributed by atoms with Gasteiger partial charge in [-0.05, 0) is 18.9 Å². The van der Waals surface area contributed by atoms with Gasteiger partial charge in [0.15, 0.2) is 0 Å². The zero-order chi connectivity index (χ0) is 13.7. The molecule has 1 saturated heterocycles. The zero-order valence-electron chi connectivity index (χ0n) is 11.5. The number of morpholine rings is 1. The van der Waals surface area contributed by atoms with E-state index < -0.39 is 0 Å². The van der Waals surface area contributed by atoms with Gasteiger partial charge in [-0.2, -0.15) is 0 Å². The van der Waals surface area contributed by atoms with Crippen molar-refractivity contribution in [2.24, 2.45) is 5.73 Å². The molecule has 1 heterocycles. The van der Waals surface area contributed by atoms with Crippen molar-refractivity contribution in [2.45, 2.75) is 25.9 Å². The van der Waals surface area contributed by atoms with E-state index in [4.69, 9.17) is 10.5 Å². The average molecular weight is 262 g/mol. The Morgan fingerprint density at radius 1 is 1.42 bits per heavy atom. The van der Waals surface area contributed by atoms with E-state index in [1.54, 1.807) is 0 Å². The maximum absolute atomic E-state index is 12.1. The molecule has 1 aliphatic heterocycles. The smallest absolute Gasteiger partial charge is 0.223 e. The van der Waals surface area contributed by atoms with Crippen molar-refractivity contribution in [1.82, 2.24) is 4.90 Å². The molecule has 1 aromatic rings. The standard InChI is InChI=1S/C15H22N2O2/c1-12-2-4-13(5-3-12)6-7-15(18)17-8-9-19-14(10-16)11-17/h2-5,14H,6-11,16H2,1H3/t14-/m1/s1. The first-order valence-electron chi connectivity index (χ1n) is 6.84. The first-order valence-corrected chi connectivity index (χ1v) is 6.84. The molecule has 0 saturated carbocycles. The number of benzene rings is 1. The minimum Gasteiger partial charge on any atom is -0.373 e. The predicted molar refractivity (Wildman–Crippen MR) is 74.9 cm³/mol. The van der Waals surface area contributed by atoms with E-state index in [1.807, 2.05) is 4.90 Å². The molecule has 0 radical (unpaired) electrons. The van der Waals surface area contributed by atoms with Gasteiger partial charge in [-0.15, -0.1) is 0 Å². The van der Waals surface area contributed by atoms with Crippen molar-refractivity contribution in [1.29, 1.82) is 0 Å². The molecule has 2 N–H and O–H groups in total. The fraction of sp³-hybridized carbons (Fsp3) is 0.533. The second-order valence-electron chi connectivity index (χ2n) is 5.05. The van der Waals surface area contributed by atoms with Gasteiger partial charge in [0, 0.05) is 26.1 Å². The lowest BCUT2D eigenvalue weighted by Gasteiger charge is -2.32. The van der Waals surface area contributed by atoms with Crippen LogP contribution in [-0.4, -0.2) is 43.2 Å². The summed E-state index contributed by atoms with van der Waals surface area (Å²) in [7, 11) is 0. The van der Waals surface area contributed by atoms with Crippen molar-refractivity contribution in [3.8, 4) is 0 Å². The van der Waals surface area contributed by atoms with Crippen LogP contribution in [0, 0.1) is 6.92 Å². The van der Waals surface area contributed by atoms with Gasteiger partial charge >= 0.3 is 0 Å². The molecule has 104 valence electrons. The maximum atomic E-state index is 12.1. The third kappa shape index (κ3) is 4.04. The van der Waals surface area contributed by atoms with E-state index in [0.717, 1.165) is 6.42 Å². The molecule has 1 atom stereocenters. The number of nitrogens with two attached hydrogens (primary N) is 1. The molecule has 1 aromatic carbocycles. The number of amides is 1. The minimum absolute atomic E-state index is 0.00271. The summed E-state index contributed by atoms with van der Waals surface area (Å²) in [6.45, 7) is 4.45. The summed E-state index contributed by atoms with van der Waals surface area (Å²) in [6.07, 6.45) is 1.35. The first-order chi connectivity index (χ1) is 9.19. The lowest BCUT2D eigenvalue weighted by Crippen LogP contribution is -2.48. The summed E-state index contributed by atoms with van der Waals surface area (Å²) in [4.78, 5) is 14.0. The molecule has 0 bridgehead atoms. The highest BCUT2D eigenvalue weighted by molar-refractivity contribution is 5.76. The Morgan fingerprint density at radius 3 is 2.84 bits per heavy atom. The zero-order valence-corrected chi connectivity index (χ0v) is 11.5. The van der Waals surface area contributed by atoms with E-state index in [1.165, 1.54) is 11.1 Å². The third-order valence-corrected chi connectivity index (χ3v) is 3.50. The molecule has 1 aliphatic rings. The first kappa shape index (κ1) is 14.0. The summed E-state index contributed by atoms with van der Waals surface area (Å²) in [5.74, 6) is 0.197. The number of ether oxygens (including phenoxy) is 1. The van der Waals surface area contributed by atoms with E-state index in [9.17, 15) is 4.79 Å². The quantitative estimate of drug-likeness (QED) is 0.884. The summed E-state index contributed by atoms with van der Waals surface area (Å²) in [6, 6.07) is 8.34. The number of hydrogen-bond acceptors (Lipinski definition) is 3. The average Bonchev–Trinajstić information content (AvgIpc) is 2.46. The Balaban J connectivity index is 1.82. The molecule has 1 amide bonds. The number of carbonyl (C=O) groups is 1. The van der Waals surface area contributed by atoms with Gasteiger partial charge in [0.1, 0.15) is 0 Å². The lowest BCUT2D eigenvalue weighted by molar-refractivity contribution is -0.138. The van der Waals surface area contributed by atoms with E-state index >= 15 is 0 Å². The molecule has 0 aromatic heterocycles. The van der Waals surface area contributed by atoms with Gasteiger partial charge in [-0.1, -0.05) is 29.8 Å². The van der Waals surface area contributed by atoms with Gasteiger partial charge < -0.3 is 15.4 Å². The minimum atomic E-state index is -0.00271. The van der Waals surface area contributed by atoms with Crippen molar-refractivity contribution < 1.29 is 9.53 Å². The number of carbonyl (C=O) groups excluding carboxylic acids is 1. The van der Waals surface area contributed by atoms with Crippen LogP contribution in [0.1, 0.15) is 17.5 Å². The van der Waals surface area contributed by atoms with Gasteiger partial charge in [-0.3, -0.25) is 4.79 Å². The Bertz CT molecular complexity index is 417. The van der Waals surface area contributed by atoms with Crippen LogP contribution in [-0.2, 0) is 16.0 Å². The molecule has 19 heavy (non-hydrogen) atoms. The van der Waals surface area contributed by atoms with Crippen LogP contribution in [0.15, 0.2) is 24.3 Å². The Labute approximate surface area is 114 Å². The van der Waals surface area contributed by atoms with E-state index in [2.05, 4.69) is 31.2 Å². The van der Waals surface area contributed by atoms with Crippen molar-refractivity contribution in [2.75, 3.05) is 26.2 Å². The Morgan fingerprint density at radius 2 is 2.16 bits per heavy atom. The fourth-order valence-corrected chi connectivity index (χ4v) is 2.25. The van der Waals surface area contributed by atoms with Crippen LogP contribution in [0.3, 0.4) is 0 Å². The van der Waals surface area contributed by atoms with Crippen LogP contribution in [0.5, 0.6) is 0 Å². The molecule has 0 aliphatic carbocycles. The molecule has 1 fully saturated rings. The molecule has 0 unspecified atom stereocenters.